The molecule has 1 unspecified atom stereocenters. The summed E-state index contributed by atoms with van der Waals surface area (Å²) in [4.78, 5) is 0. The van der Waals surface area contributed by atoms with Gasteiger partial charge in [0.25, 0.3) is 0 Å². The Bertz CT molecular complexity index is 539. The lowest BCUT2D eigenvalue weighted by molar-refractivity contribution is 0.0184. The van der Waals surface area contributed by atoms with Gasteiger partial charge in [-0.25, -0.2) is 4.39 Å². The second kappa shape index (κ2) is 6.15. The molecule has 1 aromatic rings. The number of nitriles is 1. The number of rotatable bonds is 3. The number of nitrogens with zero attached hydrogens (tertiary/aromatic N) is 1. The smallest absolute Gasteiger partial charge is 0.123 e. The Hall–Kier alpha value is -1.40. The van der Waals surface area contributed by atoms with Crippen LogP contribution in [0.3, 0.4) is 0 Å². The molecule has 1 fully saturated rings. The molecule has 1 aliphatic rings. The topological polar surface area (TPSA) is 44.0 Å². The van der Waals surface area contributed by atoms with Gasteiger partial charge in [0.1, 0.15) is 5.82 Å². The molecular formula is C18H24FNO. The van der Waals surface area contributed by atoms with Crippen molar-refractivity contribution in [2.45, 2.75) is 52.6 Å². The molecule has 1 aromatic carbocycles. The molecule has 1 aliphatic carbocycles. The minimum atomic E-state index is -0.911. The van der Waals surface area contributed by atoms with Crippen molar-refractivity contribution in [3.8, 4) is 6.07 Å². The quantitative estimate of drug-likeness (QED) is 0.888. The van der Waals surface area contributed by atoms with Crippen LogP contribution >= 0.6 is 0 Å². The van der Waals surface area contributed by atoms with E-state index in [2.05, 4.69) is 19.9 Å². The summed E-state index contributed by atoms with van der Waals surface area (Å²) in [5.74, 6) is 0.862. The highest BCUT2D eigenvalue weighted by Crippen LogP contribution is 2.49. The van der Waals surface area contributed by atoms with E-state index >= 15 is 0 Å². The van der Waals surface area contributed by atoms with E-state index in [0.717, 1.165) is 18.4 Å². The van der Waals surface area contributed by atoms with E-state index in [1.165, 1.54) is 12.1 Å². The van der Waals surface area contributed by atoms with Crippen LogP contribution in [0.15, 0.2) is 18.2 Å². The zero-order chi connectivity index (χ0) is 15.6. The fourth-order valence-corrected chi connectivity index (χ4v) is 3.47. The molecule has 0 aliphatic heterocycles. The van der Waals surface area contributed by atoms with Crippen molar-refractivity contribution >= 4 is 0 Å². The molecule has 0 radical (unpaired) electrons. The lowest BCUT2D eigenvalue weighted by Gasteiger charge is -2.40. The summed E-state index contributed by atoms with van der Waals surface area (Å²) >= 11 is 0. The van der Waals surface area contributed by atoms with Gasteiger partial charge in [0.05, 0.1) is 17.6 Å². The summed E-state index contributed by atoms with van der Waals surface area (Å²) in [5.41, 5.74) is 0.619. The second-order valence-electron chi connectivity index (χ2n) is 6.75. The lowest BCUT2D eigenvalue weighted by atomic mass is 9.64. The summed E-state index contributed by atoms with van der Waals surface area (Å²) in [6.45, 7) is 6.26. The fraction of sp³-hybridized carbons (Fsp3) is 0.611. The maximum Gasteiger partial charge on any atom is 0.123 e. The van der Waals surface area contributed by atoms with Gasteiger partial charge in [-0.1, -0.05) is 19.9 Å². The molecule has 114 valence electrons. The van der Waals surface area contributed by atoms with Crippen LogP contribution in [0.4, 0.5) is 4.39 Å². The molecule has 1 atom stereocenters. The molecule has 2 nitrogen and oxygen atoms in total. The first-order valence-electron chi connectivity index (χ1n) is 7.75. The average molecular weight is 289 g/mol. The van der Waals surface area contributed by atoms with Crippen molar-refractivity contribution in [3.05, 3.63) is 35.1 Å². The highest BCUT2D eigenvalue weighted by Gasteiger charge is 2.43. The van der Waals surface area contributed by atoms with Crippen LogP contribution in [0.1, 0.15) is 56.8 Å². The summed E-state index contributed by atoms with van der Waals surface area (Å²) < 4.78 is 13.5. The highest BCUT2D eigenvalue weighted by atomic mass is 19.1. The normalized spacial score (nSPS) is 27.4. The van der Waals surface area contributed by atoms with Gasteiger partial charge >= 0.3 is 0 Å². The van der Waals surface area contributed by atoms with E-state index < -0.39 is 11.5 Å². The maximum absolute atomic E-state index is 13.5. The van der Waals surface area contributed by atoms with Crippen LogP contribution in [-0.4, -0.2) is 5.11 Å². The molecule has 0 amide bonds. The molecule has 3 heteroatoms. The van der Waals surface area contributed by atoms with E-state index in [0.29, 0.717) is 30.2 Å². The third kappa shape index (κ3) is 3.11. The Morgan fingerprint density at radius 3 is 2.48 bits per heavy atom. The molecule has 0 spiro atoms. The Kier molecular flexibility index (Phi) is 4.68. The zero-order valence-electron chi connectivity index (χ0n) is 13.1. The van der Waals surface area contributed by atoms with Gasteiger partial charge in [-0.3, -0.25) is 0 Å². The van der Waals surface area contributed by atoms with Gasteiger partial charge in [-0.2, -0.15) is 5.26 Å². The minimum Gasteiger partial charge on any atom is -0.387 e. The van der Waals surface area contributed by atoms with Gasteiger partial charge in [-0.05, 0) is 67.7 Å². The molecule has 0 heterocycles. The number of aryl methyl sites for hydroxylation is 1. The SMILES string of the molecule is Cc1ccc(F)cc1C(O)C1(C#N)CCC(C(C)C)CC1. The van der Waals surface area contributed by atoms with E-state index in [4.69, 9.17) is 0 Å². The van der Waals surface area contributed by atoms with Crippen molar-refractivity contribution in [1.82, 2.24) is 0 Å². The first-order chi connectivity index (χ1) is 9.89. The second-order valence-corrected chi connectivity index (χ2v) is 6.75. The van der Waals surface area contributed by atoms with E-state index in [1.807, 2.05) is 6.92 Å². The van der Waals surface area contributed by atoms with E-state index in [-0.39, 0.29) is 5.82 Å². The van der Waals surface area contributed by atoms with Crippen molar-refractivity contribution in [2.24, 2.45) is 17.3 Å². The summed E-state index contributed by atoms with van der Waals surface area (Å²) in [6.07, 6.45) is 2.37. The van der Waals surface area contributed by atoms with Gasteiger partial charge < -0.3 is 5.11 Å². The standard InChI is InChI=1S/C18H24FNO/c1-12(2)14-6-8-18(11-20,9-7-14)17(21)16-10-15(19)5-4-13(16)3/h4-5,10,12,14,17,21H,6-9H2,1-3H3. The van der Waals surface area contributed by atoms with Crippen molar-refractivity contribution in [1.29, 1.82) is 5.26 Å². The van der Waals surface area contributed by atoms with Crippen LogP contribution in [0.2, 0.25) is 0 Å². The number of hydrogen-bond donors (Lipinski definition) is 1. The van der Waals surface area contributed by atoms with Crippen LogP contribution in [0.5, 0.6) is 0 Å². The molecular weight excluding hydrogens is 265 g/mol. The zero-order valence-corrected chi connectivity index (χ0v) is 13.1. The Labute approximate surface area is 126 Å². The van der Waals surface area contributed by atoms with Gasteiger partial charge in [0.2, 0.25) is 0 Å². The minimum absolute atomic E-state index is 0.362. The van der Waals surface area contributed by atoms with Gasteiger partial charge in [-0.15, -0.1) is 0 Å². The third-order valence-corrected chi connectivity index (χ3v) is 5.15. The number of hydrogen-bond acceptors (Lipinski definition) is 2. The van der Waals surface area contributed by atoms with E-state index in [9.17, 15) is 14.8 Å². The Balaban J connectivity index is 2.26. The monoisotopic (exact) mass is 289 g/mol. The highest BCUT2D eigenvalue weighted by molar-refractivity contribution is 5.31. The largest absolute Gasteiger partial charge is 0.387 e. The fourth-order valence-electron chi connectivity index (χ4n) is 3.47. The molecule has 0 saturated heterocycles. The number of aliphatic hydroxyl groups excluding tert-OH is 1. The molecule has 0 aromatic heterocycles. The molecule has 1 saturated carbocycles. The maximum atomic E-state index is 13.5. The van der Waals surface area contributed by atoms with E-state index in [1.54, 1.807) is 6.07 Å². The first kappa shape index (κ1) is 16.0. The van der Waals surface area contributed by atoms with Crippen LogP contribution in [0.25, 0.3) is 0 Å². The van der Waals surface area contributed by atoms with Gasteiger partial charge in [0.15, 0.2) is 0 Å². The summed E-state index contributed by atoms with van der Waals surface area (Å²) in [7, 11) is 0. The van der Waals surface area contributed by atoms with Gasteiger partial charge in [0, 0.05) is 0 Å². The molecule has 21 heavy (non-hydrogen) atoms. The summed E-state index contributed by atoms with van der Waals surface area (Å²) in [5, 5.41) is 20.4. The van der Waals surface area contributed by atoms with Crippen molar-refractivity contribution < 1.29 is 9.50 Å². The van der Waals surface area contributed by atoms with Crippen LogP contribution in [-0.2, 0) is 0 Å². The van der Waals surface area contributed by atoms with Crippen molar-refractivity contribution in [3.63, 3.8) is 0 Å². The predicted octanol–water partition coefficient (Wildman–Crippen LogP) is 4.52. The predicted molar refractivity (Wildman–Crippen MR) is 80.9 cm³/mol. The molecule has 0 bridgehead atoms. The van der Waals surface area contributed by atoms with Crippen molar-refractivity contribution in [2.75, 3.05) is 0 Å². The molecule has 1 N–H and O–H groups in total. The number of halogens is 1. The Morgan fingerprint density at radius 2 is 1.95 bits per heavy atom. The van der Waals surface area contributed by atoms with Crippen LogP contribution in [0, 0.1) is 41.3 Å². The van der Waals surface area contributed by atoms with Crippen LogP contribution < -0.4 is 0 Å². The Morgan fingerprint density at radius 1 is 1.33 bits per heavy atom. The lowest BCUT2D eigenvalue weighted by Crippen LogP contribution is -2.34. The number of aliphatic hydroxyl groups is 1. The third-order valence-electron chi connectivity index (χ3n) is 5.15. The molecule has 2 rings (SSSR count). The summed E-state index contributed by atoms with van der Waals surface area (Å²) in [6, 6.07) is 6.77. The average Bonchev–Trinajstić information content (AvgIpc) is 2.49. The first-order valence-corrected chi connectivity index (χ1v) is 7.75. The number of benzene rings is 1.